The molecule has 104 valence electrons. The number of carbonyl (C=O) groups excluding carboxylic acids is 2. The predicted octanol–water partition coefficient (Wildman–Crippen LogP) is 1.99. The van der Waals surface area contributed by atoms with Crippen LogP contribution in [-0.2, 0) is 9.59 Å². The molecule has 0 saturated heterocycles. The fraction of sp³-hybridized carbons (Fsp3) is 0.857. The van der Waals surface area contributed by atoms with Gasteiger partial charge in [0.25, 0.3) is 0 Å². The fourth-order valence-electron chi connectivity index (χ4n) is 2.42. The molecule has 0 spiro atoms. The van der Waals surface area contributed by atoms with Crippen molar-refractivity contribution in [2.45, 2.75) is 64.8 Å². The van der Waals surface area contributed by atoms with Crippen molar-refractivity contribution < 1.29 is 9.59 Å². The molecule has 1 fully saturated rings. The highest BCUT2D eigenvalue weighted by Gasteiger charge is 2.25. The summed E-state index contributed by atoms with van der Waals surface area (Å²) in [5.74, 6) is -0.468. The molecule has 0 aromatic rings. The van der Waals surface area contributed by atoms with Gasteiger partial charge >= 0.3 is 11.8 Å². The van der Waals surface area contributed by atoms with Crippen LogP contribution in [0.1, 0.15) is 58.8 Å². The van der Waals surface area contributed by atoms with Gasteiger partial charge in [0.15, 0.2) is 0 Å². The van der Waals surface area contributed by atoms with Crippen molar-refractivity contribution in [1.29, 1.82) is 0 Å². The Kier molecular flexibility index (Phi) is 6.76. The van der Waals surface area contributed by atoms with E-state index in [-0.39, 0.29) is 6.04 Å². The van der Waals surface area contributed by atoms with Crippen LogP contribution in [0.4, 0.5) is 0 Å². The summed E-state index contributed by atoms with van der Waals surface area (Å²) in [4.78, 5) is 23.3. The van der Waals surface area contributed by atoms with Crippen LogP contribution < -0.4 is 10.6 Å². The lowest BCUT2D eigenvalue weighted by molar-refractivity contribution is -0.140. The van der Waals surface area contributed by atoms with E-state index in [1.54, 1.807) is 0 Å². The van der Waals surface area contributed by atoms with Gasteiger partial charge in [0, 0.05) is 12.6 Å². The third-order valence-electron chi connectivity index (χ3n) is 3.70. The van der Waals surface area contributed by atoms with Crippen LogP contribution >= 0.6 is 0 Å². The summed E-state index contributed by atoms with van der Waals surface area (Å²) in [5, 5.41) is 5.53. The second-order valence-corrected chi connectivity index (χ2v) is 5.30. The Hall–Kier alpha value is -1.06. The van der Waals surface area contributed by atoms with Crippen molar-refractivity contribution in [3.8, 4) is 0 Å². The van der Waals surface area contributed by atoms with Crippen LogP contribution in [0.2, 0.25) is 0 Å². The van der Waals surface area contributed by atoms with Crippen molar-refractivity contribution in [2.24, 2.45) is 5.92 Å². The Morgan fingerprint density at radius 1 is 1.11 bits per heavy atom. The Morgan fingerprint density at radius 3 is 2.50 bits per heavy atom. The standard InChI is InChI=1S/C14H26N2O2/c1-3-4-7-10-15-13(17)14(18)16-12-9-6-5-8-11(12)2/h11-12H,3-10H2,1-2H3,(H,15,17)(H,16,18)/t11-,12-/m1/s1. The number of rotatable bonds is 5. The molecule has 1 rings (SSSR count). The lowest BCUT2D eigenvalue weighted by atomic mass is 9.86. The lowest BCUT2D eigenvalue weighted by Crippen LogP contribution is -2.47. The van der Waals surface area contributed by atoms with Gasteiger partial charge < -0.3 is 10.6 Å². The SMILES string of the molecule is CCCCCNC(=O)C(=O)N[C@@H]1CCCC[C@H]1C. The molecule has 0 aliphatic heterocycles. The minimum absolute atomic E-state index is 0.174. The zero-order valence-corrected chi connectivity index (χ0v) is 11.6. The van der Waals surface area contributed by atoms with E-state index in [0.29, 0.717) is 12.5 Å². The highest BCUT2D eigenvalue weighted by atomic mass is 16.2. The number of carbonyl (C=O) groups is 2. The van der Waals surface area contributed by atoms with Gasteiger partial charge in [-0.15, -0.1) is 0 Å². The molecule has 0 aromatic heterocycles. The van der Waals surface area contributed by atoms with Gasteiger partial charge in [-0.3, -0.25) is 9.59 Å². The molecule has 0 unspecified atom stereocenters. The minimum atomic E-state index is -0.483. The Morgan fingerprint density at radius 2 is 1.83 bits per heavy atom. The van der Waals surface area contributed by atoms with E-state index in [4.69, 9.17) is 0 Å². The number of amides is 2. The summed E-state index contributed by atoms with van der Waals surface area (Å²) in [7, 11) is 0. The highest BCUT2D eigenvalue weighted by molar-refractivity contribution is 6.35. The summed E-state index contributed by atoms with van der Waals surface area (Å²) >= 11 is 0. The zero-order valence-electron chi connectivity index (χ0n) is 11.6. The van der Waals surface area contributed by atoms with Crippen LogP contribution in [0.5, 0.6) is 0 Å². The van der Waals surface area contributed by atoms with Gasteiger partial charge in [0.05, 0.1) is 0 Å². The molecule has 0 aromatic carbocycles. The van der Waals surface area contributed by atoms with E-state index in [1.807, 2.05) is 0 Å². The predicted molar refractivity (Wildman–Crippen MR) is 72.1 cm³/mol. The summed E-state index contributed by atoms with van der Waals surface area (Å²) in [5.41, 5.74) is 0. The molecular formula is C14H26N2O2. The average molecular weight is 254 g/mol. The topological polar surface area (TPSA) is 58.2 Å². The van der Waals surface area contributed by atoms with E-state index < -0.39 is 11.8 Å². The highest BCUT2D eigenvalue weighted by Crippen LogP contribution is 2.23. The second kappa shape index (κ2) is 8.11. The first-order valence-corrected chi connectivity index (χ1v) is 7.23. The Balaban J connectivity index is 2.24. The number of unbranched alkanes of at least 4 members (excludes halogenated alkanes) is 2. The monoisotopic (exact) mass is 254 g/mol. The van der Waals surface area contributed by atoms with Crippen molar-refractivity contribution in [1.82, 2.24) is 10.6 Å². The first kappa shape index (κ1) is 15.0. The molecule has 4 heteroatoms. The summed E-state index contributed by atoms with van der Waals surface area (Å²) in [6.07, 6.45) is 7.65. The third-order valence-corrected chi connectivity index (χ3v) is 3.70. The lowest BCUT2D eigenvalue weighted by Gasteiger charge is -2.29. The van der Waals surface area contributed by atoms with Crippen molar-refractivity contribution in [2.75, 3.05) is 6.54 Å². The molecule has 2 amide bonds. The summed E-state index contributed by atoms with van der Waals surface area (Å²) in [6, 6.07) is 0.174. The Labute approximate surface area is 110 Å². The fourth-order valence-corrected chi connectivity index (χ4v) is 2.42. The number of nitrogens with one attached hydrogen (secondary N) is 2. The quantitative estimate of drug-likeness (QED) is 0.582. The second-order valence-electron chi connectivity index (χ2n) is 5.30. The number of hydrogen-bond donors (Lipinski definition) is 2. The summed E-state index contributed by atoms with van der Waals surface area (Å²) in [6.45, 7) is 4.85. The molecule has 1 saturated carbocycles. The maximum Gasteiger partial charge on any atom is 0.309 e. The molecule has 2 N–H and O–H groups in total. The van der Waals surface area contributed by atoms with Gasteiger partial charge in [-0.1, -0.05) is 39.5 Å². The van der Waals surface area contributed by atoms with Gasteiger partial charge in [-0.2, -0.15) is 0 Å². The first-order valence-electron chi connectivity index (χ1n) is 7.23. The van der Waals surface area contributed by atoms with Gasteiger partial charge in [-0.05, 0) is 25.2 Å². The van der Waals surface area contributed by atoms with Crippen LogP contribution in [-0.4, -0.2) is 24.4 Å². The summed E-state index contributed by atoms with van der Waals surface area (Å²) < 4.78 is 0. The molecule has 4 nitrogen and oxygen atoms in total. The molecule has 1 aliphatic carbocycles. The molecule has 0 radical (unpaired) electrons. The maximum absolute atomic E-state index is 11.7. The average Bonchev–Trinajstić information content (AvgIpc) is 2.37. The van der Waals surface area contributed by atoms with Crippen LogP contribution in [0.3, 0.4) is 0 Å². The van der Waals surface area contributed by atoms with Crippen LogP contribution in [0.25, 0.3) is 0 Å². The minimum Gasteiger partial charge on any atom is -0.348 e. The number of hydrogen-bond acceptors (Lipinski definition) is 2. The maximum atomic E-state index is 11.7. The van der Waals surface area contributed by atoms with E-state index in [2.05, 4.69) is 24.5 Å². The van der Waals surface area contributed by atoms with E-state index in [9.17, 15) is 9.59 Å². The molecule has 18 heavy (non-hydrogen) atoms. The Bertz CT molecular complexity index is 279. The smallest absolute Gasteiger partial charge is 0.309 e. The van der Waals surface area contributed by atoms with Crippen molar-refractivity contribution >= 4 is 11.8 Å². The normalized spacial score (nSPS) is 23.4. The van der Waals surface area contributed by atoms with Crippen molar-refractivity contribution in [3.05, 3.63) is 0 Å². The van der Waals surface area contributed by atoms with Crippen molar-refractivity contribution in [3.63, 3.8) is 0 Å². The van der Waals surface area contributed by atoms with Crippen LogP contribution in [0.15, 0.2) is 0 Å². The first-order chi connectivity index (χ1) is 8.65. The molecule has 0 heterocycles. The van der Waals surface area contributed by atoms with Gasteiger partial charge in [-0.25, -0.2) is 0 Å². The third kappa shape index (κ3) is 5.07. The van der Waals surface area contributed by atoms with E-state index >= 15 is 0 Å². The molecule has 1 aliphatic rings. The largest absolute Gasteiger partial charge is 0.348 e. The van der Waals surface area contributed by atoms with E-state index in [1.165, 1.54) is 6.42 Å². The van der Waals surface area contributed by atoms with Crippen LogP contribution in [0, 0.1) is 5.92 Å². The molecule has 2 atom stereocenters. The molecule has 0 bridgehead atoms. The van der Waals surface area contributed by atoms with E-state index in [0.717, 1.165) is 38.5 Å². The van der Waals surface area contributed by atoms with Gasteiger partial charge in [0.2, 0.25) is 0 Å². The zero-order chi connectivity index (χ0) is 13.4. The van der Waals surface area contributed by atoms with Gasteiger partial charge in [0.1, 0.15) is 0 Å². The molecular weight excluding hydrogens is 228 g/mol.